The van der Waals surface area contributed by atoms with Crippen LogP contribution in [0.2, 0.25) is 20.1 Å². The zero-order valence-corrected chi connectivity index (χ0v) is 26.5. The fourth-order valence-electron chi connectivity index (χ4n) is 4.19. The molecule has 0 aliphatic carbocycles. The predicted molar refractivity (Wildman–Crippen MR) is 166 cm³/mol. The van der Waals surface area contributed by atoms with Crippen LogP contribution in [0.5, 0.6) is 0 Å². The van der Waals surface area contributed by atoms with Gasteiger partial charge in [-0.1, -0.05) is 90.9 Å². The van der Waals surface area contributed by atoms with E-state index in [4.69, 9.17) is 46.4 Å². The minimum absolute atomic E-state index is 0.0273. The smallest absolute Gasteiger partial charge is 0.264 e. The standard InChI is InChI=1S/C29H31Cl4N3O4S/c1-3-5-13-34-29(38)27(4-2)35(18-20-11-12-21(30)17-26(20)33)28(37)19-36(24-15-22(31)14-23(32)16-24)41(39,40)25-9-7-6-8-10-25/h6-12,14-17,27H,3-5,13,18-19H2,1-2H3,(H,34,38). The van der Waals surface area contributed by atoms with Crippen LogP contribution >= 0.6 is 46.4 Å². The van der Waals surface area contributed by atoms with Gasteiger partial charge in [-0.05, 0) is 60.9 Å². The predicted octanol–water partition coefficient (Wildman–Crippen LogP) is 7.22. The second kappa shape index (κ2) is 15.1. The number of unbranched alkanes of at least 4 members (excludes halogenated alkanes) is 1. The molecule has 0 fully saturated rings. The van der Waals surface area contributed by atoms with Gasteiger partial charge in [0, 0.05) is 33.2 Å². The van der Waals surface area contributed by atoms with Gasteiger partial charge in [0.2, 0.25) is 11.8 Å². The van der Waals surface area contributed by atoms with Crippen molar-refractivity contribution in [2.75, 3.05) is 17.4 Å². The molecule has 12 heteroatoms. The molecule has 1 atom stereocenters. The lowest BCUT2D eigenvalue weighted by Gasteiger charge is -2.33. The summed E-state index contributed by atoms with van der Waals surface area (Å²) in [5, 5.41) is 4.00. The Morgan fingerprint density at radius 1 is 0.878 bits per heavy atom. The third kappa shape index (κ3) is 8.75. The summed E-state index contributed by atoms with van der Waals surface area (Å²) in [6.07, 6.45) is 1.94. The van der Waals surface area contributed by atoms with Crippen LogP contribution in [0.15, 0.2) is 71.6 Å². The van der Waals surface area contributed by atoms with Crippen molar-refractivity contribution in [3.8, 4) is 0 Å². The van der Waals surface area contributed by atoms with Crippen molar-refractivity contribution in [3.63, 3.8) is 0 Å². The SMILES string of the molecule is CCCCNC(=O)C(CC)N(Cc1ccc(Cl)cc1Cl)C(=O)CN(c1cc(Cl)cc(Cl)c1)S(=O)(=O)c1ccccc1. The molecule has 41 heavy (non-hydrogen) atoms. The first-order valence-electron chi connectivity index (χ1n) is 13.0. The van der Waals surface area contributed by atoms with Gasteiger partial charge in [-0.25, -0.2) is 8.42 Å². The third-order valence-electron chi connectivity index (χ3n) is 6.32. The number of hydrogen-bond acceptors (Lipinski definition) is 4. The fourth-order valence-corrected chi connectivity index (χ4v) is 6.59. The second-order valence-corrected chi connectivity index (χ2v) is 12.9. The Morgan fingerprint density at radius 3 is 2.12 bits per heavy atom. The van der Waals surface area contributed by atoms with E-state index < -0.39 is 28.5 Å². The minimum Gasteiger partial charge on any atom is -0.354 e. The molecule has 0 saturated heterocycles. The summed E-state index contributed by atoms with van der Waals surface area (Å²) < 4.78 is 28.7. The zero-order valence-electron chi connectivity index (χ0n) is 22.6. The second-order valence-electron chi connectivity index (χ2n) is 9.28. The first-order valence-corrected chi connectivity index (χ1v) is 16.0. The molecule has 0 saturated carbocycles. The molecule has 0 heterocycles. The maximum Gasteiger partial charge on any atom is 0.264 e. The highest BCUT2D eigenvalue weighted by atomic mass is 35.5. The molecular formula is C29H31Cl4N3O4S. The maximum absolute atomic E-state index is 14.1. The summed E-state index contributed by atoms with van der Waals surface area (Å²) in [6.45, 7) is 3.56. The quantitative estimate of drug-likeness (QED) is 0.197. The van der Waals surface area contributed by atoms with E-state index in [2.05, 4.69) is 5.32 Å². The average Bonchev–Trinajstić information content (AvgIpc) is 2.92. The molecule has 0 radical (unpaired) electrons. The summed E-state index contributed by atoms with van der Waals surface area (Å²) in [5.41, 5.74) is 0.650. The van der Waals surface area contributed by atoms with E-state index in [0.29, 0.717) is 22.2 Å². The number of amides is 2. The van der Waals surface area contributed by atoms with E-state index in [0.717, 1.165) is 17.1 Å². The molecule has 2 amide bonds. The van der Waals surface area contributed by atoms with Crippen LogP contribution in [-0.2, 0) is 26.2 Å². The Morgan fingerprint density at radius 2 is 1.54 bits per heavy atom. The number of carbonyl (C=O) groups is 2. The molecule has 220 valence electrons. The van der Waals surface area contributed by atoms with E-state index in [1.807, 2.05) is 6.92 Å². The van der Waals surface area contributed by atoms with E-state index in [1.165, 1.54) is 35.2 Å². The van der Waals surface area contributed by atoms with E-state index in [9.17, 15) is 18.0 Å². The van der Waals surface area contributed by atoms with Gasteiger partial charge in [0.1, 0.15) is 12.6 Å². The molecule has 3 aromatic carbocycles. The fraction of sp³-hybridized carbons (Fsp3) is 0.310. The average molecular weight is 659 g/mol. The van der Waals surface area contributed by atoms with Gasteiger partial charge in [-0.15, -0.1) is 0 Å². The maximum atomic E-state index is 14.1. The summed E-state index contributed by atoms with van der Waals surface area (Å²) in [4.78, 5) is 28.7. The molecule has 0 aliphatic heterocycles. The minimum atomic E-state index is -4.25. The van der Waals surface area contributed by atoms with Crippen LogP contribution in [0, 0.1) is 0 Å². The molecule has 1 N–H and O–H groups in total. The lowest BCUT2D eigenvalue weighted by molar-refractivity contribution is -0.140. The molecule has 0 aliphatic rings. The molecule has 1 unspecified atom stereocenters. The number of hydrogen-bond donors (Lipinski definition) is 1. The number of halogens is 4. The summed E-state index contributed by atoms with van der Waals surface area (Å²) >= 11 is 25.0. The Labute approximate surface area is 261 Å². The van der Waals surface area contributed by atoms with Crippen molar-refractivity contribution in [1.82, 2.24) is 10.2 Å². The highest BCUT2D eigenvalue weighted by molar-refractivity contribution is 7.92. The number of benzene rings is 3. The van der Waals surface area contributed by atoms with Crippen LogP contribution in [0.1, 0.15) is 38.7 Å². The lowest BCUT2D eigenvalue weighted by Crippen LogP contribution is -2.52. The van der Waals surface area contributed by atoms with Crippen LogP contribution < -0.4 is 9.62 Å². The van der Waals surface area contributed by atoms with Gasteiger partial charge in [-0.3, -0.25) is 13.9 Å². The van der Waals surface area contributed by atoms with Crippen LogP contribution in [0.3, 0.4) is 0 Å². The summed E-state index contributed by atoms with van der Waals surface area (Å²) in [5.74, 6) is -0.966. The van der Waals surface area contributed by atoms with Crippen molar-refractivity contribution in [2.45, 2.75) is 50.6 Å². The van der Waals surface area contributed by atoms with Gasteiger partial charge in [0.25, 0.3) is 10.0 Å². The monoisotopic (exact) mass is 657 g/mol. The van der Waals surface area contributed by atoms with Gasteiger partial charge < -0.3 is 10.2 Å². The molecular weight excluding hydrogens is 628 g/mol. The third-order valence-corrected chi connectivity index (χ3v) is 9.13. The largest absolute Gasteiger partial charge is 0.354 e. The van der Waals surface area contributed by atoms with E-state index in [-0.39, 0.29) is 39.5 Å². The van der Waals surface area contributed by atoms with Crippen molar-refractivity contribution < 1.29 is 18.0 Å². The Bertz CT molecular complexity index is 1450. The Hall–Kier alpha value is -2.49. The van der Waals surface area contributed by atoms with E-state index in [1.54, 1.807) is 43.3 Å². The number of nitrogens with one attached hydrogen (secondary N) is 1. The normalized spacial score (nSPS) is 12.0. The van der Waals surface area contributed by atoms with Gasteiger partial charge in [0.05, 0.1) is 10.6 Å². The Kier molecular flexibility index (Phi) is 12.2. The molecule has 0 spiro atoms. The van der Waals surface area contributed by atoms with Crippen molar-refractivity contribution in [3.05, 3.63) is 92.4 Å². The number of sulfonamides is 1. The number of rotatable bonds is 13. The molecule has 7 nitrogen and oxygen atoms in total. The van der Waals surface area contributed by atoms with Crippen LogP contribution in [0.4, 0.5) is 5.69 Å². The van der Waals surface area contributed by atoms with Crippen molar-refractivity contribution in [1.29, 1.82) is 0 Å². The molecule has 3 aromatic rings. The van der Waals surface area contributed by atoms with Crippen LogP contribution in [-0.4, -0.2) is 44.3 Å². The van der Waals surface area contributed by atoms with Crippen molar-refractivity contribution in [2.24, 2.45) is 0 Å². The zero-order chi connectivity index (χ0) is 30.2. The first-order chi connectivity index (χ1) is 19.5. The molecule has 3 rings (SSSR count). The molecule has 0 aromatic heterocycles. The van der Waals surface area contributed by atoms with E-state index >= 15 is 0 Å². The van der Waals surface area contributed by atoms with Gasteiger partial charge >= 0.3 is 0 Å². The highest BCUT2D eigenvalue weighted by Crippen LogP contribution is 2.30. The summed E-state index contributed by atoms with van der Waals surface area (Å²) in [6, 6.07) is 16.0. The molecule has 0 bridgehead atoms. The van der Waals surface area contributed by atoms with Gasteiger partial charge in [0.15, 0.2) is 0 Å². The number of anilines is 1. The van der Waals surface area contributed by atoms with Crippen LogP contribution in [0.25, 0.3) is 0 Å². The first kappa shape index (κ1) is 33.0. The summed E-state index contributed by atoms with van der Waals surface area (Å²) in [7, 11) is -4.25. The van der Waals surface area contributed by atoms with Crippen molar-refractivity contribution >= 4 is 73.9 Å². The highest BCUT2D eigenvalue weighted by Gasteiger charge is 2.34. The number of nitrogens with zero attached hydrogens (tertiary/aromatic N) is 2. The number of carbonyl (C=O) groups excluding carboxylic acids is 2. The van der Waals surface area contributed by atoms with Gasteiger partial charge in [-0.2, -0.15) is 0 Å². The topological polar surface area (TPSA) is 86.8 Å². The Balaban J connectivity index is 2.08. The lowest BCUT2D eigenvalue weighted by atomic mass is 10.1.